The summed E-state index contributed by atoms with van der Waals surface area (Å²) in [7, 11) is 0. The number of ether oxygens (including phenoxy) is 3. The van der Waals surface area contributed by atoms with E-state index >= 15 is 0 Å². The Labute approximate surface area is 169 Å². The van der Waals surface area contributed by atoms with Crippen LogP contribution in [0.3, 0.4) is 0 Å². The molecule has 0 N–H and O–H groups in total. The second-order valence-electron chi connectivity index (χ2n) is 6.64. The zero-order chi connectivity index (χ0) is 21.0. The topological polar surface area (TPSA) is 83.8 Å². The highest BCUT2D eigenvalue weighted by atomic mass is 16.6. The predicted molar refractivity (Wildman–Crippen MR) is 105 cm³/mol. The fourth-order valence-corrected chi connectivity index (χ4v) is 3.71. The molecule has 0 unspecified atom stereocenters. The van der Waals surface area contributed by atoms with Gasteiger partial charge in [-0.2, -0.15) is 0 Å². The van der Waals surface area contributed by atoms with Crippen molar-refractivity contribution in [1.29, 1.82) is 0 Å². The molecule has 1 aromatic heterocycles. The minimum absolute atomic E-state index is 0.151. The fraction of sp³-hybridized carbons (Fsp3) is 0.409. The molecule has 0 bridgehead atoms. The minimum Gasteiger partial charge on any atom is -0.494 e. The Balaban J connectivity index is 1.97. The molecular weight excluding hydrogens is 374 g/mol. The van der Waals surface area contributed by atoms with Crippen molar-refractivity contribution in [1.82, 2.24) is 4.57 Å². The molecule has 0 saturated carbocycles. The molecule has 29 heavy (non-hydrogen) atoms. The molecule has 3 rings (SSSR count). The number of carbonyl (C=O) groups excluding carboxylic acids is 3. The van der Waals surface area contributed by atoms with E-state index in [2.05, 4.69) is 0 Å². The number of benzene rings is 1. The molecule has 1 aliphatic heterocycles. The van der Waals surface area contributed by atoms with E-state index in [9.17, 15) is 14.4 Å². The maximum Gasteiger partial charge on any atom is 0.329 e. The highest BCUT2D eigenvalue weighted by molar-refractivity contribution is 6.10. The van der Waals surface area contributed by atoms with Gasteiger partial charge in [-0.3, -0.25) is 14.4 Å². The number of rotatable bonds is 8. The van der Waals surface area contributed by atoms with Crippen LogP contribution in [-0.2, 0) is 31.0 Å². The normalized spacial score (nSPS) is 14.2. The van der Waals surface area contributed by atoms with Gasteiger partial charge in [0.25, 0.3) is 0 Å². The van der Waals surface area contributed by atoms with E-state index in [0.29, 0.717) is 35.9 Å². The summed E-state index contributed by atoms with van der Waals surface area (Å²) in [6, 6.07) is 10.2. The smallest absolute Gasteiger partial charge is 0.329 e. The average molecular weight is 399 g/mol. The predicted octanol–water partition coefficient (Wildman–Crippen LogP) is 2.89. The summed E-state index contributed by atoms with van der Waals surface area (Å²) in [5.41, 5.74) is -0.189. The van der Waals surface area contributed by atoms with Crippen molar-refractivity contribution < 1.29 is 28.6 Å². The zero-order valence-electron chi connectivity index (χ0n) is 16.9. The lowest BCUT2D eigenvalue weighted by atomic mass is 9.83. The molecule has 0 atom stereocenters. The summed E-state index contributed by atoms with van der Waals surface area (Å²) in [4.78, 5) is 38.6. The Bertz CT molecular complexity index is 894. The zero-order valence-corrected chi connectivity index (χ0v) is 16.9. The van der Waals surface area contributed by atoms with E-state index in [-0.39, 0.29) is 25.4 Å². The van der Waals surface area contributed by atoms with Crippen LogP contribution in [0.15, 0.2) is 36.4 Å². The van der Waals surface area contributed by atoms with E-state index < -0.39 is 17.4 Å². The largest absolute Gasteiger partial charge is 0.494 e. The molecular formula is C22H25NO6. The Hall–Kier alpha value is -3.09. The van der Waals surface area contributed by atoms with E-state index in [1.165, 1.54) is 0 Å². The Morgan fingerprint density at radius 1 is 0.897 bits per heavy atom. The molecule has 7 heteroatoms. The van der Waals surface area contributed by atoms with Crippen LogP contribution in [0.1, 0.15) is 48.9 Å². The molecule has 0 saturated heterocycles. The van der Waals surface area contributed by atoms with Crippen molar-refractivity contribution in [3.63, 3.8) is 0 Å². The molecule has 154 valence electrons. The molecule has 2 aromatic rings. The summed E-state index contributed by atoms with van der Waals surface area (Å²) in [5.74, 6) is -0.790. The van der Waals surface area contributed by atoms with Crippen LogP contribution in [0, 0.1) is 0 Å². The van der Waals surface area contributed by atoms with Crippen molar-refractivity contribution >= 4 is 17.7 Å². The average Bonchev–Trinajstić information content (AvgIpc) is 3.29. The monoisotopic (exact) mass is 399 g/mol. The van der Waals surface area contributed by atoms with Gasteiger partial charge in [0.1, 0.15) is 5.75 Å². The Kier molecular flexibility index (Phi) is 6.06. The van der Waals surface area contributed by atoms with Gasteiger partial charge in [-0.25, -0.2) is 0 Å². The summed E-state index contributed by atoms with van der Waals surface area (Å²) >= 11 is 0. The summed E-state index contributed by atoms with van der Waals surface area (Å²) in [6.45, 7) is 6.46. The van der Waals surface area contributed by atoms with Crippen molar-refractivity contribution in [2.75, 3.05) is 19.8 Å². The lowest BCUT2D eigenvalue weighted by Crippen LogP contribution is -2.44. The molecule has 0 aliphatic carbocycles. The van der Waals surface area contributed by atoms with Crippen LogP contribution < -0.4 is 4.74 Å². The number of fused-ring (bicyclic) bond motifs is 1. The van der Waals surface area contributed by atoms with Gasteiger partial charge in [-0.15, -0.1) is 0 Å². The van der Waals surface area contributed by atoms with E-state index in [1.807, 2.05) is 6.92 Å². The standard InChI is InChI=1S/C22H25NO6/c1-4-27-16-9-7-15(8-10-16)19(24)17-11-12-18-22(13-14-23(17)18,20(25)28-5-2)21(26)29-6-3/h7-12H,4-6,13-14H2,1-3H3. The lowest BCUT2D eigenvalue weighted by Gasteiger charge is -2.23. The van der Waals surface area contributed by atoms with Gasteiger partial charge >= 0.3 is 11.9 Å². The van der Waals surface area contributed by atoms with Crippen molar-refractivity contribution in [3.05, 3.63) is 53.3 Å². The summed E-state index contributed by atoms with van der Waals surface area (Å²) < 4.78 is 17.5. The number of aromatic nitrogens is 1. The molecule has 0 spiro atoms. The van der Waals surface area contributed by atoms with Crippen molar-refractivity contribution in [3.8, 4) is 5.75 Å². The number of nitrogens with zero attached hydrogens (tertiary/aromatic N) is 1. The third-order valence-corrected chi connectivity index (χ3v) is 5.04. The second kappa shape index (κ2) is 8.51. The number of carbonyl (C=O) groups is 3. The first kappa shape index (κ1) is 20.6. The van der Waals surface area contributed by atoms with Crippen LogP contribution in [0.25, 0.3) is 0 Å². The first-order chi connectivity index (χ1) is 14.0. The number of esters is 2. The van der Waals surface area contributed by atoms with E-state index in [1.54, 1.807) is 54.8 Å². The molecule has 0 radical (unpaired) electrons. The maximum atomic E-state index is 13.0. The maximum absolute atomic E-state index is 13.0. The first-order valence-corrected chi connectivity index (χ1v) is 9.81. The number of hydrogen-bond donors (Lipinski definition) is 0. The highest BCUT2D eigenvalue weighted by Crippen LogP contribution is 2.39. The summed E-state index contributed by atoms with van der Waals surface area (Å²) in [5, 5.41) is 0. The number of hydrogen-bond acceptors (Lipinski definition) is 6. The van der Waals surface area contributed by atoms with Crippen LogP contribution in [0.2, 0.25) is 0 Å². The molecule has 2 heterocycles. The van der Waals surface area contributed by atoms with Gasteiger partial charge < -0.3 is 18.8 Å². The van der Waals surface area contributed by atoms with Crippen LogP contribution in [-0.4, -0.2) is 42.1 Å². The lowest BCUT2D eigenvalue weighted by molar-refractivity contribution is -0.164. The minimum atomic E-state index is -1.54. The Morgan fingerprint density at radius 2 is 1.52 bits per heavy atom. The fourth-order valence-electron chi connectivity index (χ4n) is 3.71. The van der Waals surface area contributed by atoms with Crippen LogP contribution in [0.5, 0.6) is 5.75 Å². The molecule has 1 aromatic carbocycles. The number of ketones is 1. The van der Waals surface area contributed by atoms with Crippen LogP contribution in [0.4, 0.5) is 0 Å². The summed E-state index contributed by atoms with van der Waals surface area (Å²) in [6.07, 6.45) is 0.199. The molecule has 0 amide bonds. The molecule has 1 aliphatic rings. The molecule has 0 fully saturated rings. The quantitative estimate of drug-likeness (QED) is 0.386. The van der Waals surface area contributed by atoms with Gasteiger partial charge in [0.15, 0.2) is 0 Å². The highest BCUT2D eigenvalue weighted by Gasteiger charge is 2.55. The van der Waals surface area contributed by atoms with Gasteiger partial charge in [-0.1, -0.05) is 0 Å². The first-order valence-electron chi connectivity index (χ1n) is 9.81. The third kappa shape index (κ3) is 3.52. The van der Waals surface area contributed by atoms with Gasteiger partial charge in [0.05, 0.1) is 25.5 Å². The molecule has 7 nitrogen and oxygen atoms in total. The van der Waals surface area contributed by atoms with Crippen molar-refractivity contribution in [2.45, 2.75) is 39.2 Å². The van der Waals surface area contributed by atoms with Gasteiger partial charge in [-0.05, 0) is 63.6 Å². The Morgan fingerprint density at radius 3 is 2.07 bits per heavy atom. The van der Waals surface area contributed by atoms with Crippen LogP contribution >= 0.6 is 0 Å². The van der Waals surface area contributed by atoms with E-state index in [4.69, 9.17) is 14.2 Å². The third-order valence-electron chi connectivity index (χ3n) is 5.04. The van der Waals surface area contributed by atoms with E-state index in [0.717, 1.165) is 0 Å². The van der Waals surface area contributed by atoms with Gasteiger partial charge in [0.2, 0.25) is 11.2 Å². The SMILES string of the molecule is CCOC(=O)C1(C(=O)OCC)CCn2c(C(=O)c3ccc(OCC)cc3)ccc21. The van der Waals surface area contributed by atoms with Crippen molar-refractivity contribution in [2.24, 2.45) is 0 Å². The van der Waals surface area contributed by atoms with Gasteiger partial charge in [0, 0.05) is 17.8 Å². The second-order valence-corrected chi connectivity index (χ2v) is 6.64.